The fourth-order valence-electron chi connectivity index (χ4n) is 0.962. The number of anilines is 1. The first kappa shape index (κ1) is 10.8. The minimum Gasteiger partial charge on any atom is -0.497 e. The summed E-state index contributed by atoms with van der Waals surface area (Å²) in [6.45, 7) is 0. The number of nitro groups is 1. The summed E-state index contributed by atoms with van der Waals surface area (Å²) in [4.78, 5) is 10.00. The second kappa shape index (κ2) is 4.80. The third kappa shape index (κ3) is 3.51. The zero-order valence-corrected chi connectivity index (χ0v) is 8.01. The van der Waals surface area contributed by atoms with Gasteiger partial charge in [0.05, 0.1) is 7.11 Å². The molecule has 80 valence electrons. The normalized spacial score (nSPS) is 10.9. The molecule has 0 unspecified atom stereocenters. The standard InChI is InChI=1S/C8H10N4O3/c1-15-7-4-2-3-6(5-7)10-8(9)11-12(13)14/h2-5H,1H3,(H3,9,10,11). The van der Waals surface area contributed by atoms with Crippen LogP contribution in [0.4, 0.5) is 5.69 Å². The highest BCUT2D eigenvalue weighted by Crippen LogP contribution is 2.16. The molecular formula is C8H10N4O3. The summed E-state index contributed by atoms with van der Waals surface area (Å²) >= 11 is 0. The molecule has 0 heterocycles. The third-order valence-electron chi connectivity index (χ3n) is 1.53. The molecule has 0 aliphatic rings. The van der Waals surface area contributed by atoms with Gasteiger partial charge in [-0.2, -0.15) is 0 Å². The number of methoxy groups -OCH3 is 1. The Hall–Kier alpha value is -2.31. The molecule has 7 heteroatoms. The van der Waals surface area contributed by atoms with Gasteiger partial charge in [0.1, 0.15) is 10.9 Å². The van der Waals surface area contributed by atoms with E-state index >= 15 is 0 Å². The molecular weight excluding hydrogens is 200 g/mol. The van der Waals surface area contributed by atoms with Crippen molar-refractivity contribution in [2.75, 3.05) is 12.4 Å². The Morgan fingerprint density at radius 2 is 2.40 bits per heavy atom. The second-order valence-corrected chi connectivity index (χ2v) is 2.58. The van der Waals surface area contributed by atoms with Crippen LogP contribution in [0.3, 0.4) is 0 Å². The lowest BCUT2D eigenvalue weighted by atomic mass is 10.3. The summed E-state index contributed by atoms with van der Waals surface area (Å²) in [5, 5.41) is 14.6. The van der Waals surface area contributed by atoms with E-state index in [4.69, 9.17) is 10.5 Å². The van der Waals surface area contributed by atoms with Gasteiger partial charge in [-0.15, -0.1) is 0 Å². The molecule has 0 atom stereocenters. The van der Waals surface area contributed by atoms with E-state index < -0.39 is 5.03 Å². The highest BCUT2D eigenvalue weighted by atomic mass is 16.7. The molecule has 1 rings (SSSR count). The van der Waals surface area contributed by atoms with Gasteiger partial charge in [-0.25, -0.2) is 10.1 Å². The smallest absolute Gasteiger partial charge is 0.270 e. The van der Waals surface area contributed by atoms with Gasteiger partial charge in [-0.1, -0.05) is 6.07 Å². The molecule has 0 aliphatic carbocycles. The van der Waals surface area contributed by atoms with E-state index in [1.54, 1.807) is 24.3 Å². The highest BCUT2D eigenvalue weighted by molar-refractivity contribution is 5.91. The number of hydrogen-bond acceptors (Lipinski definition) is 3. The quantitative estimate of drug-likeness (QED) is 0.329. The van der Waals surface area contributed by atoms with E-state index in [0.717, 1.165) is 0 Å². The number of guanidine groups is 1. The molecule has 0 saturated carbocycles. The van der Waals surface area contributed by atoms with Crippen molar-refractivity contribution in [1.82, 2.24) is 0 Å². The van der Waals surface area contributed by atoms with Crippen LogP contribution in [0.5, 0.6) is 5.75 Å². The monoisotopic (exact) mass is 210 g/mol. The van der Waals surface area contributed by atoms with E-state index in [-0.39, 0.29) is 5.96 Å². The van der Waals surface area contributed by atoms with Crippen molar-refractivity contribution in [2.24, 2.45) is 10.8 Å². The molecule has 0 radical (unpaired) electrons. The van der Waals surface area contributed by atoms with Crippen LogP contribution in [0.1, 0.15) is 0 Å². The van der Waals surface area contributed by atoms with Gasteiger partial charge in [0, 0.05) is 11.8 Å². The Morgan fingerprint density at radius 3 is 3.00 bits per heavy atom. The van der Waals surface area contributed by atoms with Crippen LogP contribution in [-0.2, 0) is 0 Å². The van der Waals surface area contributed by atoms with E-state index in [9.17, 15) is 10.1 Å². The Morgan fingerprint density at radius 1 is 1.67 bits per heavy atom. The predicted octanol–water partition coefficient (Wildman–Crippen LogP) is 0.613. The second-order valence-electron chi connectivity index (χ2n) is 2.58. The Labute approximate surface area is 85.7 Å². The maximum Gasteiger partial charge on any atom is 0.270 e. The van der Waals surface area contributed by atoms with Crippen molar-refractivity contribution in [3.63, 3.8) is 0 Å². The molecule has 1 aromatic carbocycles. The third-order valence-corrected chi connectivity index (χ3v) is 1.53. The van der Waals surface area contributed by atoms with Crippen molar-refractivity contribution in [1.29, 1.82) is 0 Å². The van der Waals surface area contributed by atoms with Gasteiger partial charge in [-0.05, 0) is 12.1 Å². The van der Waals surface area contributed by atoms with Gasteiger partial charge < -0.3 is 15.8 Å². The van der Waals surface area contributed by atoms with E-state index in [1.165, 1.54) is 7.11 Å². The molecule has 0 amide bonds. The van der Waals surface area contributed by atoms with Crippen LogP contribution in [-0.4, -0.2) is 18.1 Å². The van der Waals surface area contributed by atoms with Gasteiger partial charge in [0.2, 0.25) is 0 Å². The maximum atomic E-state index is 10.00. The summed E-state index contributed by atoms with van der Waals surface area (Å²) in [5.74, 6) is 0.335. The largest absolute Gasteiger partial charge is 0.497 e. The fraction of sp³-hybridized carbons (Fsp3) is 0.125. The number of ether oxygens (including phenoxy) is 1. The van der Waals surface area contributed by atoms with Crippen LogP contribution in [0, 0.1) is 10.1 Å². The SMILES string of the molecule is COc1cccc(N/C(N)=N\[N+](=O)[O-])c1. The Kier molecular flexibility index (Phi) is 3.44. The summed E-state index contributed by atoms with van der Waals surface area (Å²) in [6, 6.07) is 6.79. The number of benzene rings is 1. The zero-order chi connectivity index (χ0) is 11.3. The van der Waals surface area contributed by atoms with Gasteiger partial charge in [-0.3, -0.25) is 0 Å². The fourth-order valence-corrected chi connectivity index (χ4v) is 0.962. The molecule has 15 heavy (non-hydrogen) atoms. The Balaban J connectivity index is 2.76. The van der Waals surface area contributed by atoms with Crippen molar-refractivity contribution in [2.45, 2.75) is 0 Å². The van der Waals surface area contributed by atoms with Crippen LogP contribution in [0.15, 0.2) is 29.4 Å². The van der Waals surface area contributed by atoms with E-state index in [1.807, 2.05) is 0 Å². The van der Waals surface area contributed by atoms with E-state index in [2.05, 4.69) is 10.4 Å². The molecule has 0 aliphatic heterocycles. The number of nitrogens with one attached hydrogen (secondary N) is 1. The summed E-state index contributed by atoms with van der Waals surface area (Å²) in [6.07, 6.45) is 0. The highest BCUT2D eigenvalue weighted by Gasteiger charge is 2.00. The summed E-state index contributed by atoms with van der Waals surface area (Å²) < 4.78 is 4.96. The minimum atomic E-state index is -0.873. The molecule has 0 fully saturated rings. The van der Waals surface area contributed by atoms with Crippen molar-refractivity contribution < 1.29 is 9.77 Å². The van der Waals surface area contributed by atoms with E-state index in [0.29, 0.717) is 11.4 Å². The van der Waals surface area contributed by atoms with Gasteiger partial charge in [0.15, 0.2) is 5.03 Å². The molecule has 0 saturated heterocycles. The van der Waals surface area contributed by atoms with Crippen LogP contribution in [0.2, 0.25) is 0 Å². The number of nitrogens with zero attached hydrogens (tertiary/aromatic N) is 2. The van der Waals surface area contributed by atoms with Gasteiger partial charge >= 0.3 is 0 Å². The zero-order valence-electron chi connectivity index (χ0n) is 8.01. The number of hydrogen-bond donors (Lipinski definition) is 2. The number of nitrogens with two attached hydrogens (primary N) is 1. The Bertz CT molecular complexity index is 391. The van der Waals surface area contributed by atoms with Crippen LogP contribution < -0.4 is 15.8 Å². The molecule has 1 aromatic rings. The maximum absolute atomic E-state index is 10.00. The van der Waals surface area contributed by atoms with Gasteiger partial charge in [0.25, 0.3) is 5.96 Å². The first-order valence-corrected chi connectivity index (χ1v) is 4.01. The number of rotatable bonds is 3. The molecule has 7 nitrogen and oxygen atoms in total. The van der Waals surface area contributed by atoms with Crippen LogP contribution in [0.25, 0.3) is 0 Å². The van der Waals surface area contributed by atoms with Crippen molar-refractivity contribution in [3.05, 3.63) is 34.4 Å². The number of hydrazone groups is 1. The van der Waals surface area contributed by atoms with Crippen molar-refractivity contribution >= 4 is 11.6 Å². The first-order chi connectivity index (χ1) is 7.11. The average molecular weight is 210 g/mol. The first-order valence-electron chi connectivity index (χ1n) is 4.01. The molecule has 0 spiro atoms. The molecule has 0 aromatic heterocycles. The minimum absolute atomic E-state index is 0.284. The predicted molar refractivity (Wildman–Crippen MR) is 55.2 cm³/mol. The average Bonchev–Trinajstić information content (AvgIpc) is 2.16. The molecule has 0 bridgehead atoms. The lowest BCUT2D eigenvalue weighted by Gasteiger charge is -2.04. The topological polar surface area (TPSA) is 103 Å². The van der Waals surface area contributed by atoms with Crippen LogP contribution >= 0.6 is 0 Å². The van der Waals surface area contributed by atoms with Crippen molar-refractivity contribution in [3.8, 4) is 5.75 Å². The summed E-state index contributed by atoms with van der Waals surface area (Å²) in [5.41, 5.74) is 5.82. The lowest BCUT2D eigenvalue weighted by molar-refractivity contribution is -0.485. The molecule has 3 N–H and O–H groups in total. The summed E-state index contributed by atoms with van der Waals surface area (Å²) in [7, 11) is 1.52. The lowest BCUT2D eigenvalue weighted by Crippen LogP contribution is -2.23.